The second kappa shape index (κ2) is 7.74. The average molecular weight is 371 g/mol. The number of carbonyl (C=O) groups excluding carboxylic acids is 1. The Hall–Kier alpha value is -1.95. The van der Waals surface area contributed by atoms with Gasteiger partial charge in [-0.25, -0.2) is 4.98 Å². The molecule has 1 saturated heterocycles. The minimum absolute atomic E-state index is 0.0195. The number of hydrogen-bond acceptors (Lipinski definition) is 4. The number of rotatable bonds is 6. The maximum atomic E-state index is 12.5. The van der Waals surface area contributed by atoms with Gasteiger partial charge in [0.2, 0.25) is 5.91 Å². The van der Waals surface area contributed by atoms with Crippen molar-refractivity contribution in [2.24, 2.45) is 0 Å². The fourth-order valence-electron chi connectivity index (χ4n) is 3.38. The van der Waals surface area contributed by atoms with E-state index >= 15 is 0 Å². The average Bonchev–Trinajstić information content (AvgIpc) is 3.42. The molecule has 0 unspecified atom stereocenters. The van der Waals surface area contributed by atoms with E-state index in [1.807, 2.05) is 31.5 Å². The summed E-state index contributed by atoms with van der Waals surface area (Å²) < 4.78 is 2.20. The molecule has 4 rings (SSSR count). The number of amides is 1. The third-order valence-corrected chi connectivity index (χ3v) is 6.18. The van der Waals surface area contributed by atoms with E-state index in [1.54, 1.807) is 0 Å². The van der Waals surface area contributed by atoms with E-state index in [1.165, 1.54) is 49.6 Å². The fraction of sp³-hybridized carbons (Fsp3) is 0.500. The maximum Gasteiger partial charge on any atom is 0.237 e. The number of imidazole rings is 1. The number of piperidine rings is 1. The molecule has 0 bridgehead atoms. The summed E-state index contributed by atoms with van der Waals surface area (Å²) in [5.74, 6) is 0.0195. The van der Waals surface area contributed by atoms with Crippen molar-refractivity contribution in [3.8, 4) is 0 Å². The van der Waals surface area contributed by atoms with E-state index in [-0.39, 0.29) is 11.2 Å². The number of nitrogens with one attached hydrogen (secondary N) is 1. The highest BCUT2D eigenvalue weighted by molar-refractivity contribution is 8.00. The van der Waals surface area contributed by atoms with Crippen molar-refractivity contribution < 1.29 is 4.79 Å². The van der Waals surface area contributed by atoms with Crippen LogP contribution in [0.3, 0.4) is 0 Å². The van der Waals surface area contributed by atoms with Gasteiger partial charge >= 0.3 is 0 Å². The van der Waals surface area contributed by atoms with Gasteiger partial charge in [0.25, 0.3) is 0 Å². The van der Waals surface area contributed by atoms with Crippen molar-refractivity contribution in [1.29, 1.82) is 0 Å². The van der Waals surface area contributed by atoms with Crippen molar-refractivity contribution in [2.45, 2.75) is 55.5 Å². The van der Waals surface area contributed by atoms with E-state index in [2.05, 4.69) is 31.9 Å². The molecule has 1 aromatic carbocycles. The molecule has 1 atom stereocenters. The van der Waals surface area contributed by atoms with Gasteiger partial charge in [-0.1, -0.05) is 11.8 Å². The third kappa shape index (κ3) is 4.06. The third-order valence-electron chi connectivity index (χ3n) is 5.08. The topological polar surface area (TPSA) is 50.2 Å². The molecule has 6 heteroatoms. The Morgan fingerprint density at radius 3 is 2.62 bits per heavy atom. The molecule has 138 valence electrons. The van der Waals surface area contributed by atoms with Crippen LogP contribution in [0.15, 0.2) is 41.8 Å². The van der Waals surface area contributed by atoms with E-state index < -0.39 is 0 Å². The molecule has 5 nitrogen and oxygen atoms in total. The Morgan fingerprint density at radius 1 is 1.19 bits per heavy atom. The largest absolute Gasteiger partial charge is 0.372 e. The van der Waals surface area contributed by atoms with Gasteiger partial charge < -0.3 is 14.8 Å². The minimum Gasteiger partial charge on any atom is -0.372 e. The molecule has 2 heterocycles. The van der Waals surface area contributed by atoms with Crippen molar-refractivity contribution in [3.63, 3.8) is 0 Å². The summed E-state index contributed by atoms with van der Waals surface area (Å²) in [7, 11) is 0. The van der Waals surface area contributed by atoms with Crippen LogP contribution in [0, 0.1) is 0 Å². The first-order valence-corrected chi connectivity index (χ1v) is 10.4. The van der Waals surface area contributed by atoms with E-state index in [0.29, 0.717) is 6.04 Å². The van der Waals surface area contributed by atoms with Gasteiger partial charge in [0, 0.05) is 42.9 Å². The number of hydrogen-bond donors (Lipinski definition) is 1. The van der Waals surface area contributed by atoms with Crippen LogP contribution < -0.4 is 10.2 Å². The Balaban J connectivity index is 1.34. The summed E-state index contributed by atoms with van der Waals surface area (Å²) in [4.78, 5) is 19.4. The second-order valence-corrected chi connectivity index (χ2v) is 8.50. The number of thioether (sulfide) groups is 1. The molecule has 0 radical (unpaired) electrons. The molecule has 1 saturated carbocycles. The predicted octanol–water partition coefficient (Wildman–Crippen LogP) is 4.33. The van der Waals surface area contributed by atoms with Gasteiger partial charge in [0.05, 0.1) is 5.25 Å². The molecule has 26 heavy (non-hydrogen) atoms. The molecule has 2 aromatic rings. The molecule has 0 spiro atoms. The maximum absolute atomic E-state index is 12.5. The second-order valence-electron chi connectivity index (χ2n) is 7.19. The van der Waals surface area contributed by atoms with Crippen LogP contribution in [0.25, 0.3) is 0 Å². The molecule has 1 aliphatic carbocycles. The summed E-state index contributed by atoms with van der Waals surface area (Å²) >= 11 is 1.53. The van der Waals surface area contributed by atoms with Crippen LogP contribution in [0.2, 0.25) is 0 Å². The van der Waals surface area contributed by atoms with Crippen LogP contribution >= 0.6 is 11.8 Å². The Labute approximate surface area is 159 Å². The number of aromatic nitrogens is 2. The lowest BCUT2D eigenvalue weighted by molar-refractivity contribution is -0.115. The molecular weight excluding hydrogens is 344 g/mol. The van der Waals surface area contributed by atoms with Crippen LogP contribution in [-0.2, 0) is 4.79 Å². The summed E-state index contributed by atoms with van der Waals surface area (Å²) in [5.41, 5.74) is 2.10. The Bertz CT molecular complexity index is 747. The van der Waals surface area contributed by atoms with Gasteiger partial charge in [-0.05, 0) is 63.3 Å². The highest BCUT2D eigenvalue weighted by Crippen LogP contribution is 2.38. The number of benzene rings is 1. The zero-order chi connectivity index (χ0) is 17.9. The number of carbonyl (C=O) groups is 1. The summed E-state index contributed by atoms with van der Waals surface area (Å²) in [6, 6.07) is 8.81. The molecular formula is C20H26N4OS. The number of nitrogens with zero attached hydrogens (tertiary/aromatic N) is 3. The lowest BCUT2D eigenvalue weighted by Crippen LogP contribution is -2.29. The Morgan fingerprint density at radius 2 is 1.92 bits per heavy atom. The van der Waals surface area contributed by atoms with E-state index in [0.717, 1.165) is 23.9 Å². The molecule has 1 N–H and O–H groups in total. The van der Waals surface area contributed by atoms with Crippen LogP contribution in [0.1, 0.15) is 45.1 Å². The lowest BCUT2D eigenvalue weighted by atomic mass is 10.1. The van der Waals surface area contributed by atoms with Gasteiger partial charge in [0.1, 0.15) is 0 Å². The first kappa shape index (κ1) is 17.5. The van der Waals surface area contributed by atoms with Gasteiger partial charge in [-0.3, -0.25) is 4.79 Å². The predicted molar refractivity (Wildman–Crippen MR) is 107 cm³/mol. The van der Waals surface area contributed by atoms with Crippen molar-refractivity contribution in [3.05, 3.63) is 36.7 Å². The first-order chi connectivity index (χ1) is 12.7. The van der Waals surface area contributed by atoms with Gasteiger partial charge in [-0.2, -0.15) is 0 Å². The van der Waals surface area contributed by atoms with Crippen molar-refractivity contribution in [1.82, 2.24) is 9.55 Å². The Kier molecular flexibility index (Phi) is 5.20. The SMILES string of the molecule is C[C@H](Sc1nccn1C1CC1)C(=O)Nc1ccc(N2CCCCC2)cc1. The van der Waals surface area contributed by atoms with Crippen LogP contribution in [0.5, 0.6) is 0 Å². The lowest BCUT2D eigenvalue weighted by Gasteiger charge is -2.28. The first-order valence-electron chi connectivity index (χ1n) is 9.56. The zero-order valence-corrected chi connectivity index (χ0v) is 16.0. The monoisotopic (exact) mass is 370 g/mol. The highest BCUT2D eigenvalue weighted by atomic mass is 32.2. The standard InChI is InChI=1S/C20H26N4OS/c1-15(26-20-21-11-14-24(20)18-9-10-18)19(25)22-16-5-7-17(8-6-16)23-12-3-2-4-13-23/h5-8,11,14-15,18H,2-4,9-10,12-13H2,1H3,(H,22,25)/t15-/m0/s1. The minimum atomic E-state index is -0.184. The van der Waals surface area contributed by atoms with E-state index in [4.69, 9.17) is 0 Å². The molecule has 1 aliphatic heterocycles. The quantitative estimate of drug-likeness (QED) is 0.769. The van der Waals surface area contributed by atoms with Gasteiger partial charge in [0.15, 0.2) is 5.16 Å². The summed E-state index contributed by atoms with van der Waals surface area (Å²) in [6.45, 7) is 4.20. The molecule has 1 amide bonds. The summed E-state index contributed by atoms with van der Waals surface area (Å²) in [6.07, 6.45) is 10.1. The van der Waals surface area contributed by atoms with Gasteiger partial charge in [-0.15, -0.1) is 0 Å². The number of anilines is 2. The molecule has 2 aliphatic rings. The smallest absolute Gasteiger partial charge is 0.237 e. The summed E-state index contributed by atoms with van der Waals surface area (Å²) in [5, 5.41) is 3.79. The normalized spacial score (nSPS) is 18.6. The van der Waals surface area contributed by atoms with Crippen molar-refractivity contribution >= 4 is 29.0 Å². The highest BCUT2D eigenvalue weighted by Gasteiger charge is 2.27. The molecule has 1 aromatic heterocycles. The van der Waals surface area contributed by atoms with Crippen molar-refractivity contribution in [2.75, 3.05) is 23.3 Å². The van der Waals surface area contributed by atoms with Crippen LogP contribution in [-0.4, -0.2) is 33.8 Å². The molecule has 2 fully saturated rings. The fourth-order valence-corrected chi connectivity index (χ4v) is 4.32. The zero-order valence-electron chi connectivity index (χ0n) is 15.2. The van der Waals surface area contributed by atoms with Crippen LogP contribution in [0.4, 0.5) is 11.4 Å². The van der Waals surface area contributed by atoms with E-state index in [9.17, 15) is 4.79 Å².